The third-order valence-corrected chi connectivity index (χ3v) is 5.85. The van der Waals surface area contributed by atoms with Gasteiger partial charge in [-0.2, -0.15) is 5.26 Å². The van der Waals surface area contributed by atoms with E-state index in [1.54, 1.807) is 12.1 Å². The molecule has 10 heteroatoms. The van der Waals surface area contributed by atoms with Gasteiger partial charge in [-0.1, -0.05) is 23.2 Å². The molecule has 3 rings (SSSR count). The Bertz CT molecular complexity index is 1260. The second-order valence-electron chi connectivity index (χ2n) is 5.79. The molecule has 0 spiro atoms. The predicted octanol–water partition coefficient (Wildman–Crippen LogP) is 5.21. The third kappa shape index (κ3) is 3.75. The van der Waals surface area contributed by atoms with Crippen molar-refractivity contribution in [3.05, 3.63) is 64.9 Å². The number of thiophene rings is 1. The van der Waals surface area contributed by atoms with Crippen LogP contribution in [-0.2, 0) is 0 Å². The summed E-state index contributed by atoms with van der Waals surface area (Å²) in [5.41, 5.74) is 0.925. The SMILES string of the molecule is Cc1sc(/N=C/c2c(O)n(-c3cc(Cl)cc(Cl)c3)c(=S)[nH]c2=O)c(C#N)c1C. The fourth-order valence-electron chi connectivity index (χ4n) is 2.52. The average Bonchev–Trinajstić information content (AvgIpc) is 2.87. The van der Waals surface area contributed by atoms with Gasteiger partial charge in [-0.05, 0) is 49.8 Å². The van der Waals surface area contributed by atoms with Gasteiger partial charge in [-0.3, -0.25) is 14.3 Å². The van der Waals surface area contributed by atoms with E-state index in [0.717, 1.165) is 10.4 Å². The summed E-state index contributed by atoms with van der Waals surface area (Å²) in [5.74, 6) is -0.417. The molecule has 0 fully saturated rings. The van der Waals surface area contributed by atoms with Crippen molar-refractivity contribution >= 4 is 58.0 Å². The summed E-state index contributed by atoms with van der Waals surface area (Å²) in [7, 11) is 0. The van der Waals surface area contributed by atoms with E-state index in [4.69, 9.17) is 35.4 Å². The lowest BCUT2D eigenvalue weighted by atomic mass is 10.2. The van der Waals surface area contributed by atoms with Crippen molar-refractivity contribution in [1.29, 1.82) is 5.26 Å². The van der Waals surface area contributed by atoms with Crippen LogP contribution in [-0.4, -0.2) is 20.9 Å². The Morgan fingerprint density at radius 1 is 1.32 bits per heavy atom. The van der Waals surface area contributed by atoms with Crippen LogP contribution in [0.5, 0.6) is 5.88 Å². The summed E-state index contributed by atoms with van der Waals surface area (Å²) >= 11 is 18.5. The van der Waals surface area contributed by atoms with E-state index >= 15 is 0 Å². The zero-order valence-electron chi connectivity index (χ0n) is 14.6. The number of nitrogens with zero attached hydrogens (tertiary/aromatic N) is 3. The highest BCUT2D eigenvalue weighted by Gasteiger charge is 2.15. The first-order chi connectivity index (χ1) is 13.2. The van der Waals surface area contributed by atoms with Gasteiger partial charge in [0.15, 0.2) is 4.77 Å². The highest BCUT2D eigenvalue weighted by molar-refractivity contribution is 7.71. The molecule has 0 saturated carbocycles. The molecule has 28 heavy (non-hydrogen) atoms. The molecule has 0 aliphatic heterocycles. The van der Waals surface area contributed by atoms with Crippen LogP contribution < -0.4 is 5.56 Å². The highest BCUT2D eigenvalue weighted by atomic mass is 35.5. The number of nitriles is 1. The lowest BCUT2D eigenvalue weighted by molar-refractivity contribution is 0.432. The maximum Gasteiger partial charge on any atom is 0.264 e. The number of aromatic hydroxyl groups is 1. The Labute approximate surface area is 179 Å². The van der Waals surface area contributed by atoms with E-state index in [-0.39, 0.29) is 10.3 Å². The number of hydrogen-bond acceptors (Lipinski definition) is 6. The van der Waals surface area contributed by atoms with Gasteiger partial charge >= 0.3 is 0 Å². The molecular formula is C18H12Cl2N4O2S2. The van der Waals surface area contributed by atoms with Gasteiger partial charge in [-0.25, -0.2) is 4.99 Å². The lowest BCUT2D eigenvalue weighted by Gasteiger charge is -2.12. The number of aryl methyl sites for hydroxylation is 1. The van der Waals surface area contributed by atoms with E-state index < -0.39 is 11.4 Å². The van der Waals surface area contributed by atoms with E-state index in [1.807, 2.05) is 13.8 Å². The van der Waals surface area contributed by atoms with Crippen molar-refractivity contribution in [2.24, 2.45) is 4.99 Å². The summed E-state index contributed by atoms with van der Waals surface area (Å²) in [6, 6.07) is 6.73. The van der Waals surface area contributed by atoms with Crippen molar-refractivity contribution in [3.8, 4) is 17.6 Å². The monoisotopic (exact) mass is 450 g/mol. The first-order valence-electron chi connectivity index (χ1n) is 7.82. The molecule has 0 unspecified atom stereocenters. The predicted molar refractivity (Wildman–Crippen MR) is 115 cm³/mol. The quantitative estimate of drug-likeness (QED) is 0.422. The Hall–Kier alpha value is -2.44. The van der Waals surface area contributed by atoms with E-state index in [9.17, 15) is 15.2 Å². The normalized spacial score (nSPS) is 11.1. The molecule has 0 aliphatic carbocycles. The smallest absolute Gasteiger partial charge is 0.264 e. The largest absolute Gasteiger partial charge is 0.494 e. The molecule has 2 heterocycles. The summed E-state index contributed by atoms with van der Waals surface area (Å²) in [6.45, 7) is 3.71. The van der Waals surface area contributed by atoms with Gasteiger partial charge in [0, 0.05) is 21.1 Å². The van der Waals surface area contributed by atoms with Crippen molar-refractivity contribution in [3.63, 3.8) is 0 Å². The van der Waals surface area contributed by atoms with E-state index in [2.05, 4.69) is 16.0 Å². The summed E-state index contributed by atoms with van der Waals surface area (Å²) < 4.78 is 1.20. The summed E-state index contributed by atoms with van der Waals surface area (Å²) in [4.78, 5) is 20.0. The van der Waals surface area contributed by atoms with Crippen molar-refractivity contribution in [2.45, 2.75) is 13.8 Å². The molecule has 2 N–H and O–H groups in total. The summed E-state index contributed by atoms with van der Waals surface area (Å²) in [6.07, 6.45) is 1.21. The fourth-order valence-corrected chi connectivity index (χ4v) is 4.27. The molecule has 0 amide bonds. The number of hydrogen-bond donors (Lipinski definition) is 2. The van der Waals surface area contributed by atoms with Gasteiger partial charge < -0.3 is 5.11 Å². The molecule has 0 atom stereocenters. The molecule has 0 aliphatic rings. The molecule has 3 aromatic rings. The minimum Gasteiger partial charge on any atom is -0.494 e. The van der Waals surface area contributed by atoms with Crippen LogP contribution in [0.4, 0.5) is 5.00 Å². The molecular weight excluding hydrogens is 439 g/mol. The number of halogens is 2. The Morgan fingerprint density at radius 3 is 2.57 bits per heavy atom. The van der Waals surface area contributed by atoms with Crippen molar-refractivity contribution in [2.75, 3.05) is 0 Å². The van der Waals surface area contributed by atoms with Gasteiger partial charge in [0.05, 0.1) is 11.3 Å². The first kappa shape index (κ1) is 20.3. The number of nitrogens with one attached hydrogen (secondary N) is 1. The topological polar surface area (TPSA) is 94.2 Å². The molecule has 6 nitrogen and oxygen atoms in total. The molecule has 0 radical (unpaired) electrons. The van der Waals surface area contributed by atoms with Crippen LogP contribution in [0.2, 0.25) is 10.0 Å². The zero-order valence-corrected chi connectivity index (χ0v) is 17.7. The van der Waals surface area contributed by atoms with E-state index in [1.165, 1.54) is 28.2 Å². The second-order valence-corrected chi connectivity index (χ2v) is 8.26. The van der Waals surface area contributed by atoms with Gasteiger partial charge in [-0.15, -0.1) is 11.3 Å². The number of H-pyrrole nitrogens is 1. The number of aromatic amines is 1. The fraction of sp³-hybridized carbons (Fsp3) is 0.111. The number of benzene rings is 1. The van der Waals surface area contributed by atoms with Crippen LogP contribution >= 0.6 is 46.8 Å². The maximum atomic E-state index is 12.3. The average molecular weight is 451 g/mol. The van der Waals surface area contributed by atoms with Gasteiger partial charge in [0.1, 0.15) is 16.6 Å². The van der Waals surface area contributed by atoms with Gasteiger partial charge in [0.2, 0.25) is 5.88 Å². The minimum absolute atomic E-state index is 0.0292. The Morgan fingerprint density at radius 2 is 1.96 bits per heavy atom. The second kappa shape index (κ2) is 7.89. The van der Waals surface area contributed by atoms with E-state index in [0.29, 0.717) is 26.3 Å². The minimum atomic E-state index is -0.612. The zero-order chi connectivity index (χ0) is 20.6. The van der Waals surface area contributed by atoms with Gasteiger partial charge in [0.25, 0.3) is 5.56 Å². The summed E-state index contributed by atoms with van der Waals surface area (Å²) in [5, 5.41) is 21.1. The lowest BCUT2D eigenvalue weighted by Crippen LogP contribution is -2.18. The molecule has 0 bridgehead atoms. The first-order valence-corrected chi connectivity index (χ1v) is 9.80. The number of rotatable bonds is 3. The maximum absolute atomic E-state index is 12.3. The molecule has 0 saturated heterocycles. The molecule has 1 aromatic carbocycles. The van der Waals surface area contributed by atoms with Crippen molar-refractivity contribution < 1.29 is 5.11 Å². The number of aliphatic imine (C=N–C) groups is 1. The number of aromatic nitrogens is 2. The molecule has 2 aromatic heterocycles. The van der Waals surface area contributed by atoms with Crippen LogP contribution in [0, 0.1) is 29.9 Å². The van der Waals surface area contributed by atoms with Crippen LogP contribution in [0.3, 0.4) is 0 Å². The van der Waals surface area contributed by atoms with Crippen LogP contribution in [0.15, 0.2) is 28.0 Å². The third-order valence-electron chi connectivity index (χ3n) is 4.02. The Balaban J connectivity index is 2.19. The molecule has 142 valence electrons. The standard InChI is InChI=1S/C18H12Cl2N4O2S2/c1-8-9(2)28-16(13(8)6-21)22-7-14-15(25)23-18(27)24(17(14)26)12-4-10(19)3-11(20)5-12/h3-5,7,26H,1-2H3,(H,23,25,27)/b22-7+. The van der Waals surface area contributed by atoms with Crippen LogP contribution in [0.1, 0.15) is 21.6 Å². The highest BCUT2D eigenvalue weighted by Crippen LogP contribution is 2.34. The Kier molecular flexibility index (Phi) is 5.72. The van der Waals surface area contributed by atoms with Crippen molar-refractivity contribution in [1.82, 2.24) is 9.55 Å². The van der Waals surface area contributed by atoms with Crippen LogP contribution in [0.25, 0.3) is 5.69 Å².